The van der Waals surface area contributed by atoms with Crippen LogP contribution in [-0.4, -0.2) is 51.1 Å². The van der Waals surface area contributed by atoms with Gasteiger partial charge in [-0.2, -0.15) is 8.61 Å². The molecule has 0 N–H and O–H groups in total. The van der Waals surface area contributed by atoms with Gasteiger partial charge in [0, 0.05) is 25.7 Å². The van der Waals surface area contributed by atoms with Crippen LogP contribution in [0.3, 0.4) is 0 Å². The van der Waals surface area contributed by atoms with Gasteiger partial charge >= 0.3 is 0 Å². The zero-order valence-electron chi connectivity index (χ0n) is 21.2. The van der Waals surface area contributed by atoms with Crippen LogP contribution in [-0.2, 0) is 20.0 Å². The first-order valence-electron chi connectivity index (χ1n) is 11.9. The van der Waals surface area contributed by atoms with Crippen molar-refractivity contribution < 1.29 is 16.8 Å². The van der Waals surface area contributed by atoms with Gasteiger partial charge in [0.2, 0.25) is 20.0 Å². The molecule has 1 atom stereocenters. The molecule has 6 nitrogen and oxygen atoms in total. The molecule has 4 rings (SSSR count). The summed E-state index contributed by atoms with van der Waals surface area (Å²) in [5.41, 5.74) is 5.28. The lowest BCUT2D eigenvalue weighted by Crippen LogP contribution is -2.48. The first kappa shape index (κ1) is 25.8. The van der Waals surface area contributed by atoms with E-state index in [1.54, 1.807) is 28.6 Å². The normalized spacial score (nSPS) is 19.9. The summed E-state index contributed by atoms with van der Waals surface area (Å²) in [4.78, 5) is 0.636. The Morgan fingerprint density at radius 3 is 1.97 bits per heavy atom. The summed E-state index contributed by atoms with van der Waals surface area (Å²) < 4.78 is 57.4. The van der Waals surface area contributed by atoms with Gasteiger partial charge in [0.15, 0.2) is 0 Å². The molecule has 2 aromatic carbocycles. The van der Waals surface area contributed by atoms with Crippen molar-refractivity contribution in [3.63, 3.8) is 0 Å². The monoisotopic (exact) mass is 514 g/mol. The highest BCUT2D eigenvalue weighted by atomic mass is 32.2. The maximum absolute atomic E-state index is 13.9. The van der Waals surface area contributed by atoms with Crippen molar-refractivity contribution in [2.75, 3.05) is 19.6 Å². The first-order chi connectivity index (χ1) is 16.3. The summed E-state index contributed by atoms with van der Waals surface area (Å²) in [7, 11) is -7.41. The standard InChI is InChI=1S/C27H34N2O4S2/c1-18(2)26-15-24-16-28(34(30,31)25-9-7-19(3)8-10-25)12-11-23(24)17-29(26)35(32,33)27-21(5)13-20(4)14-22(27)6/h7-11,13-15,18,26H,12,16-17H2,1-6H3/t26-/m1/s1. The lowest BCUT2D eigenvalue weighted by molar-refractivity contribution is 0.304. The van der Waals surface area contributed by atoms with Crippen LogP contribution in [0, 0.1) is 33.6 Å². The number of benzene rings is 2. The van der Waals surface area contributed by atoms with Crippen molar-refractivity contribution in [2.45, 2.75) is 57.4 Å². The van der Waals surface area contributed by atoms with Crippen LogP contribution in [0.5, 0.6) is 0 Å². The zero-order chi connectivity index (χ0) is 25.7. The number of hydrogen-bond acceptors (Lipinski definition) is 4. The summed E-state index contributed by atoms with van der Waals surface area (Å²) in [5, 5.41) is 0. The predicted molar refractivity (Wildman–Crippen MR) is 139 cm³/mol. The van der Waals surface area contributed by atoms with Gasteiger partial charge < -0.3 is 0 Å². The van der Waals surface area contributed by atoms with Crippen LogP contribution in [0.2, 0.25) is 0 Å². The minimum Gasteiger partial charge on any atom is -0.207 e. The first-order valence-corrected chi connectivity index (χ1v) is 14.8. The SMILES string of the molecule is Cc1ccc(S(=O)(=O)N2CC=C3CN(S(=O)(=O)c4c(C)cc(C)cc4C)[C@@H](C(C)C)C=C3C2)cc1. The van der Waals surface area contributed by atoms with E-state index in [9.17, 15) is 16.8 Å². The van der Waals surface area contributed by atoms with E-state index in [4.69, 9.17) is 0 Å². The molecule has 0 aromatic heterocycles. The smallest absolute Gasteiger partial charge is 0.207 e. The second-order valence-corrected chi connectivity index (χ2v) is 13.8. The molecule has 8 heteroatoms. The third-order valence-electron chi connectivity index (χ3n) is 6.84. The predicted octanol–water partition coefficient (Wildman–Crippen LogP) is 4.51. The van der Waals surface area contributed by atoms with Gasteiger partial charge in [-0.15, -0.1) is 0 Å². The molecule has 0 unspecified atom stereocenters. The number of nitrogens with zero attached hydrogens (tertiary/aromatic N) is 2. The molecule has 35 heavy (non-hydrogen) atoms. The molecule has 0 aliphatic carbocycles. The molecule has 0 saturated carbocycles. The third-order valence-corrected chi connectivity index (χ3v) is 10.8. The Bertz CT molecular complexity index is 1400. The van der Waals surface area contributed by atoms with Gasteiger partial charge in [0.05, 0.1) is 9.79 Å². The van der Waals surface area contributed by atoms with Gasteiger partial charge in [-0.05, 0) is 68.0 Å². The van der Waals surface area contributed by atoms with Crippen molar-refractivity contribution in [3.8, 4) is 0 Å². The Morgan fingerprint density at radius 2 is 1.40 bits per heavy atom. The molecule has 2 aromatic rings. The van der Waals surface area contributed by atoms with E-state index >= 15 is 0 Å². The Morgan fingerprint density at radius 1 is 0.800 bits per heavy atom. The van der Waals surface area contributed by atoms with Gasteiger partial charge in [-0.1, -0.05) is 61.4 Å². The van der Waals surface area contributed by atoms with E-state index in [2.05, 4.69) is 0 Å². The zero-order valence-corrected chi connectivity index (χ0v) is 22.9. The van der Waals surface area contributed by atoms with Crippen LogP contribution in [0.4, 0.5) is 0 Å². The maximum atomic E-state index is 13.9. The van der Waals surface area contributed by atoms with E-state index in [1.165, 1.54) is 4.31 Å². The fourth-order valence-corrected chi connectivity index (χ4v) is 8.55. The molecule has 2 aliphatic heterocycles. The maximum Gasteiger partial charge on any atom is 0.244 e. The van der Waals surface area contributed by atoms with Crippen LogP contribution in [0.1, 0.15) is 36.1 Å². The molecule has 0 bridgehead atoms. The van der Waals surface area contributed by atoms with Crippen molar-refractivity contribution in [1.82, 2.24) is 8.61 Å². The number of fused-ring (bicyclic) bond motifs is 1. The Labute approximate surface area is 210 Å². The van der Waals surface area contributed by atoms with Gasteiger partial charge in [0.25, 0.3) is 0 Å². The van der Waals surface area contributed by atoms with Gasteiger partial charge in [-0.3, -0.25) is 0 Å². The fraction of sp³-hybridized carbons (Fsp3) is 0.407. The van der Waals surface area contributed by atoms with Crippen LogP contribution < -0.4 is 0 Å². The minimum absolute atomic E-state index is 0.0222. The number of hydrogen-bond donors (Lipinski definition) is 0. The lowest BCUT2D eigenvalue weighted by atomic mass is 9.91. The third kappa shape index (κ3) is 4.77. The molecule has 0 radical (unpaired) electrons. The van der Waals surface area contributed by atoms with E-state index in [0.717, 1.165) is 33.4 Å². The highest BCUT2D eigenvalue weighted by Gasteiger charge is 2.40. The quantitative estimate of drug-likeness (QED) is 0.589. The molecule has 2 aliphatic rings. The second-order valence-electron chi connectivity index (χ2n) is 10.0. The molecular formula is C27H34N2O4S2. The molecule has 0 spiro atoms. The Kier molecular flexibility index (Phi) is 6.87. The topological polar surface area (TPSA) is 74.8 Å². The average Bonchev–Trinajstić information content (AvgIpc) is 2.77. The fourth-order valence-electron chi connectivity index (χ4n) is 5.09. The van der Waals surface area contributed by atoms with Gasteiger partial charge in [-0.25, -0.2) is 16.8 Å². The molecule has 0 amide bonds. The van der Waals surface area contributed by atoms with Gasteiger partial charge in [0.1, 0.15) is 0 Å². The van der Waals surface area contributed by atoms with Crippen molar-refractivity contribution >= 4 is 20.0 Å². The summed E-state index contributed by atoms with van der Waals surface area (Å²) in [6, 6.07) is 10.3. The summed E-state index contributed by atoms with van der Waals surface area (Å²) in [5.74, 6) is 0.0222. The van der Waals surface area contributed by atoms with Crippen molar-refractivity contribution in [1.29, 1.82) is 0 Å². The summed E-state index contributed by atoms with van der Waals surface area (Å²) in [6.07, 6.45) is 3.81. The van der Waals surface area contributed by atoms with E-state index < -0.39 is 20.0 Å². The lowest BCUT2D eigenvalue weighted by Gasteiger charge is -2.40. The molecule has 0 saturated heterocycles. The van der Waals surface area contributed by atoms with Crippen LogP contribution in [0.15, 0.2) is 69.5 Å². The molecule has 188 valence electrons. The van der Waals surface area contributed by atoms with Crippen molar-refractivity contribution in [2.24, 2.45) is 5.92 Å². The number of aryl methyl sites for hydroxylation is 4. The van der Waals surface area contributed by atoms with Crippen LogP contribution in [0.25, 0.3) is 0 Å². The van der Waals surface area contributed by atoms with E-state index in [1.807, 2.05) is 65.8 Å². The Hall–Kier alpha value is -2.26. The molecular weight excluding hydrogens is 480 g/mol. The van der Waals surface area contributed by atoms with E-state index in [-0.39, 0.29) is 36.5 Å². The summed E-state index contributed by atoms with van der Waals surface area (Å²) in [6.45, 7) is 12.3. The van der Waals surface area contributed by atoms with Crippen molar-refractivity contribution in [3.05, 3.63) is 82.0 Å². The molecule has 0 fully saturated rings. The summed E-state index contributed by atoms with van der Waals surface area (Å²) >= 11 is 0. The van der Waals surface area contributed by atoms with Crippen LogP contribution >= 0.6 is 0 Å². The number of rotatable bonds is 5. The largest absolute Gasteiger partial charge is 0.244 e. The molecule has 2 heterocycles. The highest BCUT2D eigenvalue weighted by Crippen LogP contribution is 2.36. The van der Waals surface area contributed by atoms with E-state index in [0.29, 0.717) is 4.90 Å². The Balaban J connectivity index is 1.70. The minimum atomic E-state index is -3.76. The average molecular weight is 515 g/mol. The highest BCUT2D eigenvalue weighted by molar-refractivity contribution is 7.89. The second kappa shape index (κ2) is 9.32. The number of sulfonamides is 2.